The van der Waals surface area contributed by atoms with Crippen molar-refractivity contribution in [2.24, 2.45) is 5.73 Å². The van der Waals surface area contributed by atoms with E-state index < -0.39 is 0 Å². The minimum absolute atomic E-state index is 0.616. The summed E-state index contributed by atoms with van der Waals surface area (Å²) in [4.78, 5) is 7.90. The Hall–Kier alpha value is -2.13. The van der Waals surface area contributed by atoms with Gasteiger partial charge in [0.05, 0.1) is 11.0 Å². The molecule has 0 fully saturated rings. The normalized spacial score (nSPS) is 11.1. The molecule has 0 unspecified atom stereocenters. The lowest BCUT2D eigenvalue weighted by atomic mass is 9.98. The summed E-state index contributed by atoms with van der Waals surface area (Å²) in [5.41, 5.74) is 11.6. The van der Waals surface area contributed by atoms with Crippen molar-refractivity contribution in [2.75, 3.05) is 6.54 Å². The zero-order valence-corrected chi connectivity index (χ0v) is 11.7. The first-order valence-corrected chi connectivity index (χ1v) is 7.09. The first-order valence-electron chi connectivity index (χ1n) is 7.09. The number of H-pyrrole nitrogens is 1. The van der Waals surface area contributed by atoms with Crippen molar-refractivity contribution in [1.29, 1.82) is 0 Å². The van der Waals surface area contributed by atoms with Gasteiger partial charge in [0, 0.05) is 6.42 Å². The highest BCUT2D eigenvalue weighted by Gasteiger charge is 2.07. The molecule has 0 bridgehead atoms. The van der Waals surface area contributed by atoms with Crippen LogP contribution in [0.2, 0.25) is 0 Å². The van der Waals surface area contributed by atoms with Crippen LogP contribution in [0.3, 0.4) is 0 Å². The largest absolute Gasteiger partial charge is 0.342 e. The van der Waals surface area contributed by atoms with E-state index in [2.05, 4.69) is 59.4 Å². The summed E-state index contributed by atoms with van der Waals surface area (Å²) in [6.07, 6.45) is 1.82. The molecule has 2 aromatic carbocycles. The summed E-state index contributed by atoms with van der Waals surface area (Å²) in [5.74, 6) is 0.962. The number of aromatic nitrogens is 2. The van der Waals surface area contributed by atoms with Crippen LogP contribution >= 0.6 is 0 Å². The first kappa shape index (κ1) is 12.9. The zero-order chi connectivity index (χ0) is 13.9. The molecule has 0 saturated heterocycles. The topological polar surface area (TPSA) is 54.7 Å². The number of nitrogens with one attached hydrogen (secondary N) is 1. The van der Waals surface area contributed by atoms with Crippen LogP contribution < -0.4 is 5.73 Å². The van der Waals surface area contributed by atoms with Gasteiger partial charge in [-0.2, -0.15) is 0 Å². The summed E-state index contributed by atoms with van der Waals surface area (Å²) >= 11 is 0. The quantitative estimate of drug-likeness (QED) is 0.760. The van der Waals surface area contributed by atoms with Crippen LogP contribution in [0.5, 0.6) is 0 Å². The molecule has 102 valence electrons. The Morgan fingerprint density at radius 2 is 2.00 bits per heavy atom. The molecule has 3 nitrogen and oxygen atoms in total. The van der Waals surface area contributed by atoms with E-state index in [0.29, 0.717) is 6.54 Å². The number of nitrogens with zero attached hydrogens (tertiary/aromatic N) is 1. The minimum Gasteiger partial charge on any atom is -0.342 e. The van der Waals surface area contributed by atoms with Crippen LogP contribution in [0.4, 0.5) is 0 Å². The van der Waals surface area contributed by atoms with E-state index >= 15 is 0 Å². The predicted molar refractivity (Wildman–Crippen MR) is 83.7 cm³/mol. The molecule has 0 amide bonds. The van der Waals surface area contributed by atoms with Crippen molar-refractivity contribution < 1.29 is 0 Å². The molecule has 0 aliphatic carbocycles. The van der Waals surface area contributed by atoms with E-state index in [0.717, 1.165) is 29.7 Å². The number of hydrogen-bond donors (Lipinski definition) is 2. The standard InChI is InChI=1S/C17H19N3/c1-2-12-5-3-4-6-14(12)13-7-8-15-16(11-13)20-17(19-15)9-10-18/h3-8,11H,2,9-10,18H2,1H3,(H,19,20). The Morgan fingerprint density at radius 3 is 2.80 bits per heavy atom. The van der Waals surface area contributed by atoms with Gasteiger partial charge in [-0.15, -0.1) is 0 Å². The number of aryl methyl sites for hydroxylation is 1. The minimum atomic E-state index is 0.616. The highest BCUT2D eigenvalue weighted by Crippen LogP contribution is 2.26. The van der Waals surface area contributed by atoms with Crippen molar-refractivity contribution >= 4 is 11.0 Å². The molecule has 0 atom stereocenters. The molecule has 0 aliphatic rings. The second-order valence-electron chi connectivity index (χ2n) is 4.96. The summed E-state index contributed by atoms with van der Waals surface area (Å²) < 4.78 is 0. The van der Waals surface area contributed by atoms with Gasteiger partial charge in [0.25, 0.3) is 0 Å². The second-order valence-corrected chi connectivity index (χ2v) is 4.96. The maximum absolute atomic E-state index is 5.58. The fraction of sp³-hybridized carbons (Fsp3) is 0.235. The fourth-order valence-corrected chi connectivity index (χ4v) is 2.60. The van der Waals surface area contributed by atoms with Gasteiger partial charge in [-0.25, -0.2) is 4.98 Å². The van der Waals surface area contributed by atoms with Crippen LogP contribution in [0.1, 0.15) is 18.3 Å². The van der Waals surface area contributed by atoms with Crippen LogP contribution in [0.25, 0.3) is 22.2 Å². The van der Waals surface area contributed by atoms with Crippen molar-refractivity contribution in [2.45, 2.75) is 19.8 Å². The molecule has 3 rings (SSSR count). The van der Waals surface area contributed by atoms with Gasteiger partial charge in [0.2, 0.25) is 0 Å². The smallest absolute Gasteiger partial charge is 0.108 e. The SMILES string of the molecule is CCc1ccccc1-c1ccc2nc(CCN)[nH]c2c1. The number of benzene rings is 2. The Morgan fingerprint density at radius 1 is 1.15 bits per heavy atom. The number of hydrogen-bond acceptors (Lipinski definition) is 2. The molecule has 3 heteroatoms. The number of aromatic amines is 1. The fourth-order valence-electron chi connectivity index (χ4n) is 2.60. The number of imidazole rings is 1. The highest BCUT2D eigenvalue weighted by atomic mass is 14.9. The molecule has 0 saturated carbocycles. The number of nitrogens with two attached hydrogens (primary N) is 1. The molecule has 3 aromatic rings. The van der Waals surface area contributed by atoms with Gasteiger partial charge in [-0.3, -0.25) is 0 Å². The van der Waals surface area contributed by atoms with E-state index in [1.54, 1.807) is 0 Å². The van der Waals surface area contributed by atoms with E-state index in [1.807, 2.05) is 0 Å². The predicted octanol–water partition coefficient (Wildman–Crippen LogP) is 3.29. The lowest BCUT2D eigenvalue weighted by Crippen LogP contribution is -2.03. The Balaban J connectivity index is 2.08. The van der Waals surface area contributed by atoms with E-state index in [9.17, 15) is 0 Å². The summed E-state index contributed by atoms with van der Waals surface area (Å²) in [7, 11) is 0. The molecular weight excluding hydrogens is 246 g/mol. The molecule has 0 aliphatic heterocycles. The van der Waals surface area contributed by atoms with Gasteiger partial charge in [0.1, 0.15) is 5.82 Å². The van der Waals surface area contributed by atoms with Gasteiger partial charge >= 0.3 is 0 Å². The van der Waals surface area contributed by atoms with Gasteiger partial charge in [-0.1, -0.05) is 37.3 Å². The van der Waals surface area contributed by atoms with Crippen LogP contribution in [0.15, 0.2) is 42.5 Å². The number of fused-ring (bicyclic) bond motifs is 1. The Bertz CT molecular complexity index is 728. The molecule has 1 heterocycles. The van der Waals surface area contributed by atoms with Crippen molar-refractivity contribution in [3.05, 3.63) is 53.9 Å². The Labute approximate surface area is 118 Å². The maximum atomic E-state index is 5.58. The second kappa shape index (κ2) is 5.47. The molecule has 20 heavy (non-hydrogen) atoms. The Kier molecular flexibility index (Phi) is 3.52. The van der Waals surface area contributed by atoms with Crippen molar-refractivity contribution in [1.82, 2.24) is 9.97 Å². The monoisotopic (exact) mass is 265 g/mol. The van der Waals surface area contributed by atoms with Crippen molar-refractivity contribution in [3.63, 3.8) is 0 Å². The molecule has 3 N–H and O–H groups in total. The van der Waals surface area contributed by atoms with Crippen LogP contribution in [-0.4, -0.2) is 16.5 Å². The zero-order valence-electron chi connectivity index (χ0n) is 11.7. The van der Waals surface area contributed by atoms with Crippen LogP contribution in [0, 0.1) is 0 Å². The van der Waals surface area contributed by atoms with E-state index in [-0.39, 0.29) is 0 Å². The summed E-state index contributed by atoms with van der Waals surface area (Å²) in [6, 6.07) is 14.9. The average Bonchev–Trinajstić information content (AvgIpc) is 2.89. The molecule has 0 spiro atoms. The van der Waals surface area contributed by atoms with Crippen molar-refractivity contribution in [3.8, 4) is 11.1 Å². The number of rotatable bonds is 4. The lowest BCUT2D eigenvalue weighted by Gasteiger charge is -2.07. The van der Waals surface area contributed by atoms with Gasteiger partial charge < -0.3 is 10.7 Å². The lowest BCUT2D eigenvalue weighted by molar-refractivity contribution is 0.900. The van der Waals surface area contributed by atoms with Crippen LogP contribution in [-0.2, 0) is 12.8 Å². The summed E-state index contributed by atoms with van der Waals surface area (Å²) in [5, 5.41) is 0. The van der Waals surface area contributed by atoms with E-state index in [1.165, 1.54) is 16.7 Å². The third-order valence-corrected chi connectivity index (χ3v) is 3.62. The van der Waals surface area contributed by atoms with Gasteiger partial charge in [-0.05, 0) is 41.8 Å². The summed E-state index contributed by atoms with van der Waals surface area (Å²) in [6.45, 7) is 2.80. The third kappa shape index (κ3) is 2.32. The molecular formula is C17H19N3. The average molecular weight is 265 g/mol. The third-order valence-electron chi connectivity index (χ3n) is 3.62. The molecule has 0 radical (unpaired) electrons. The highest BCUT2D eigenvalue weighted by molar-refractivity contribution is 5.82. The molecule has 1 aromatic heterocycles. The first-order chi connectivity index (χ1) is 9.81. The maximum Gasteiger partial charge on any atom is 0.108 e. The van der Waals surface area contributed by atoms with Gasteiger partial charge in [0.15, 0.2) is 0 Å². The van der Waals surface area contributed by atoms with E-state index in [4.69, 9.17) is 5.73 Å².